The summed E-state index contributed by atoms with van der Waals surface area (Å²) in [6.07, 6.45) is 3.50. The molecular weight excluding hydrogens is 188 g/mol. The molecule has 3 nitrogen and oxygen atoms in total. The summed E-state index contributed by atoms with van der Waals surface area (Å²) in [6.45, 7) is 11.3. The largest absolute Gasteiger partial charge is 0.385 e. The van der Waals surface area contributed by atoms with Gasteiger partial charge in [0.15, 0.2) is 0 Å². The molecule has 0 spiro atoms. The Labute approximate surface area is 97.5 Å². The maximum Gasteiger partial charge on any atom is 0.0462 e. The summed E-state index contributed by atoms with van der Waals surface area (Å²) in [5.41, 5.74) is 5.46. The van der Waals surface area contributed by atoms with Crippen LogP contribution in [0.3, 0.4) is 0 Å². The van der Waals surface area contributed by atoms with Gasteiger partial charge in [-0.3, -0.25) is 0 Å². The van der Waals surface area contributed by atoms with E-state index in [2.05, 4.69) is 11.8 Å². The summed E-state index contributed by atoms with van der Waals surface area (Å²) in [5.74, 6) is 0. The Morgan fingerprint density at radius 2 is 1.73 bits per heavy atom. The van der Waals surface area contributed by atoms with E-state index in [-0.39, 0.29) is 1.43 Å². The van der Waals surface area contributed by atoms with Crippen LogP contribution in [-0.2, 0) is 4.74 Å². The van der Waals surface area contributed by atoms with E-state index in [0.29, 0.717) is 0 Å². The lowest BCUT2D eigenvalue weighted by molar-refractivity contribution is 0.184. The molecule has 3 heteroatoms. The first-order valence-corrected chi connectivity index (χ1v) is 6.26. The fourth-order valence-electron chi connectivity index (χ4n) is 1.32. The molecule has 0 atom stereocenters. The van der Waals surface area contributed by atoms with Crippen molar-refractivity contribution in [2.45, 2.75) is 40.0 Å². The molecule has 0 saturated carbocycles. The third kappa shape index (κ3) is 13.9. The van der Waals surface area contributed by atoms with Crippen LogP contribution in [0.5, 0.6) is 0 Å². The topological polar surface area (TPSA) is 38.5 Å². The van der Waals surface area contributed by atoms with Gasteiger partial charge in [0.1, 0.15) is 0 Å². The zero-order valence-electron chi connectivity index (χ0n) is 11.1. The van der Waals surface area contributed by atoms with Crippen molar-refractivity contribution in [2.75, 3.05) is 39.9 Å². The van der Waals surface area contributed by atoms with Crippen molar-refractivity contribution in [3.05, 3.63) is 0 Å². The summed E-state index contributed by atoms with van der Waals surface area (Å²) >= 11 is 0. The zero-order chi connectivity index (χ0) is 11.9. The van der Waals surface area contributed by atoms with Crippen molar-refractivity contribution in [1.82, 2.24) is 4.90 Å². The van der Waals surface area contributed by atoms with Gasteiger partial charge in [0.25, 0.3) is 0 Å². The van der Waals surface area contributed by atoms with Gasteiger partial charge in [-0.15, -0.1) is 0 Å². The Kier molecular flexibility index (Phi) is 18.8. The van der Waals surface area contributed by atoms with E-state index in [1.54, 1.807) is 7.11 Å². The van der Waals surface area contributed by atoms with Crippen LogP contribution in [0, 0.1) is 0 Å². The van der Waals surface area contributed by atoms with Crippen LogP contribution in [0.4, 0.5) is 0 Å². The van der Waals surface area contributed by atoms with Gasteiger partial charge >= 0.3 is 0 Å². The van der Waals surface area contributed by atoms with Gasteiger partial charge in [-0.1, -0.05) is 20.8 Å². The second-order valence-corrected chi connectivity index (χ2v) is 3.28. The molecule has 15 heavy (non-hydrogen) atoms. The highest BCUT2D eigenvalue weighted by molar-refractivity contribution is 4.55. The summed E-state index contributed by atoms with van der Waals surface area (Å²) in [4.78, 5) is 2.45. The van der Waals surface area contributed by atoms with E-state index in [1.807, 2.05) is 13.8 Å². The van der Waals surface area contributed by atoms with Gasteiger partial charge in [0, 0.05) is 15.1 Å². The molecule has 0 saturated heterocycles. The second-order valence-electron chi connectivity index (χ2n) is 3.28. The number of nitrogens with two attached hydrogens (primary N) is 1. The van der Waals surface area contributed by atoms with E-state index < -0.39 is 0 Å². The lowest BCUT2D eigenvalue weighted by Crippen LogP contribution is -2.27. The average molecular weight is 220 g/mol. The highest BCUT2D eigenvalue weighted by Crippen LogP contribution is 1.96. The van der Waals surface area contributed by atoms with Crippen LogP contribution in [0.2, 0.25) is 0 Å². The first kappa shape index (κ1) is 17.3. The number of unbranched alkanes of at least 4 members (excludes halogenated alkanes) is 1. The number of nitrogens with zero attached hydrogens (tertiary/aromatic N) is 1. The Balaban J connectivity index is -0.000000529. The maximum atomic E-state index is 5.46. The van der Waals surface area contributed by atoms with Gasteiger partial charge in [-0.2, -0.15) is 0 Å². The molecule has 0 heterocycles. The molecule has 0 aliphatic heterocycles. The molecule has 0 fully saturated rings. The zero-order valence-corrected chi connectivity index (χ0v) is 11.1. The van der Waals surface area contributed by atoms with Crippen molar-refractivity contribution in [3.8, 4) is 0 Å². The van der Waals surface area contributed by atoms with Gasteiger partial charge in [-0.05, 0) is 45.4 Å². The van der Waals surface area contributed by atoms with Crippen molar-refractivity contribution in [3.63, 3.8) is 0 Å². The van der Waals surface area contributed by atoms with E-state index in [9.17, 15) is 0 Å². The highest BCUT2D eigenvalue weighted by Gasteiger charge is 2.00. The molecule has 0 rings (SSSR count). The predicted molar refractivity (Wildman–Crippen MR) is 70.4 cm³/mol. The number of hydrogen-bond donors (Lipinski definition) is 1. The fourth-order valence-corrected chi connectivity index (χ4v) is 1.32. The van der Waals surface area contributed by atoms with Gasteiger partial charge in [-0.25, -0.2) is 0 Å². The van der Waals surface area contributed by atoms with Crippen LogP contribution < -0.4 is 5.73 Å². The lowest BCUT2D eigenvalue weighted by atomic mass is 10.3. The molecule has 2 N–H and O–H groups in total. The first-order chi connectivity index (χ1) is 7.35. The van der Waals surface area contributed by atoms with Crippen LogP contribution in [0.1, 0.15) is 41.5 Å². The molecule has 0 aliphatic rings. The lowest BCUT2D eigenvalue weighted by Gasteiger charge is -2.19. The molecular formula is C12H32N2O. The van der Waals surface area contributed by atoms with Crippen LogP contribution >= 0.6 is 0 Å². The Bertz CT molecular complexity index is 105. The molecule has 0 aromatic carbocycles. The normalized spacial score (nSPS) is 10.0. The van der Waals surface area contributed by atoms with E-state index >= 15 is 0 Å². The maximum absolute atomic E-state index is 5.46. The molecule has 0 bridgehead atoms. The number of hydrogen-bond acceptors (Lipinski definition) is 3. The molecule has 0 amide bonds. The van der Waals surface area contributed by atoms with Crippen LogP contribution in [-0.4, -0.2) is 44.8 Å². The Morgan fingerprint density at radius 3 is 2.20 bits per heavy atom. The van der Waals surface area contributed by atoms with Crippen molar-refractivity contribution < 1.29 is 6.16 Å². The van der Waals surface area contributed by atoms with E-state index in [1.165, 1.54) is 13.0 Å². The molecule has 0 aliphatic carbocycles. The molecule has 0 aromatic rings. The Morgan fingerprint density at radius 1 is 1.13 bits per heavy atom. The summed E-state index contributed by atoms with van der Waals surface area (Å²) < 4.78 is 5.00. The predicted octanol–water partition coefficient (Wildman–Crippen LogP) is 2.36. The Hall–Kier alpha value is -0.120. The van der Waals surface area contributed by atoms with Crippen molar-refractivity contribution in [1.29, 1.82) is 0 Å². The molecule has 0 radical (unpaired) electrons. The summed E-state index contributed by atoms with van der Waals surface area (Å²) in [5, 5.41) is 0. The first-order valence-electron chi connectivity index (χ1n) is 6.26. The van der Waals surface area contributed by atoms with Gasteiger partial charge in [0.05, 0.1) is 0 Å². The van der Waals surface area contributed by atoms with Crippen molar-refractivity contribution >= 4 is 0 Å². The van der Waals surface area contributed by atoms with Crippen molar-refractivity contribution in [2.24, 2.45) is 5.73 Å². The monoisotopic (exact) mass is 220 g/mol. The third-order valence-electron chi connectivity index (χ3n) is 2.20. The molecule has 96 valence electrons. The van der Waals surface area contributed by atoms with Crippen LogP contribution in [0.25, 0.3) is 0 Å². The molecule has 0 aromatic heterocycles. The minimum Gasteiger partial charge on any atom is -0.385 e. The summed E-state index contributed by atoms with van der Waals surface area (Å²) in [6, 6.07) is 0. The second kappa shape index (κ2) is 16.3. The highest BCUT2D eigenvalue weighted by atomic mass is 16.5. The standard InChI is InChI=1S/C10H24N2O.C2H6.H2/c1-3-12(9-6-7-11)8-4-5-10-13-2;1-2;/h3-11H2,1-2H3;1-2H3;1H. The average Bonchev–Trinajstić information content (AvgIpc) is 2.31. The fraction of sp³-hybridized carbons (Fsp3) is 1.00. The third-order valence-corrected chi connectivity index (χ3v) is 2.20. The van der Waals surface area contributed by atoms with Gasteiger partial charge in [0.2, 0.25) is 0 Å². The van der Waals surface area contributed by atoms with Crippen LogP contribution in [0.15, 0.2) is 0 Å². The quantitative estimate of drug-likeness (QED) is 0.606. The van der Waals surface area contributed by atoms with E-state index in [0.717, 1.165) is 39.1 Å². The smallest absolute Gasteiger partial charge is 0.0462 e. The SMILES string of the molecule is CC.CCN(CCCN)CCCCOC.[HH]. The molecule has 0 unspecified atom stereocenters. The van der Waals surface area contributed by atoms with Gasteiger partial charge < -0.3 is 15.4 Å². The number of rotatable bonds is 9. The van der Waals surface area contributed by atoms with E-state index in [4.69, 9.17) is 10.5 Å². The number of ether oxygens (including phenoxy) is 1. The summed E-state index contributed by atoms with van der Waals surface area (Å²) in [7, 11) is 1.76. The minimum atomic E-state index is 0. The minimum absolute atomic E-state index is 0. The number of methoxy groups -OCH3 is 1.